The molecule has 0 radical (unpaired) electrons. The molecule has 0 spiro atoms. The predicted molar refractivity (Wildman–Crippen MR) is 56.5 cm³/mol. The van der Waals surface area contributed by atoms with Gasteiger partial charge in [0.05, 0.1) is 6.61 Å². The Bertz CT molecular complexity index is 320. The Hall–Kier alpha value is -1.14. The molecule has 0 saturated carbocycles. The van der Waals surface area contributed by atoms with Crippen LogP contribution in [0.15, 0.2) is 0 Å². The predicted octanol–water partition coefficient (Wildman–Crippen LogP) is -1.55. The molecule has 1 amide bonds. The zero-order valence-corrected chi connectivity index (χ0v) is 9.36. The SMILES string of the molecule is CN1CCC(N)(C(=O)N[C@H]2CCOC2=O)C1. The van der Waals surface area contributed by atoms with E-state index in [1.165, 1.54) is 0 Å². The third-order valence-corrected chi connectivity index (χ3v) is 3.18. The highest BCUT2D eigenvalue weighted by atomic mass is 16.5. The molecule has 2 heterocycles. The fourth-order valence-corrected chi connectivity index (χ4v) is 2.14. The van der Waals surface area contributed by atoms with Crippen LogP contribution in [-0.2, 0) is 14.3 Å². The van der Waals surface area contributed by atoms with Crippen LogP contribution in [0.3, 0.4) is 0 Å². The van der Waals surface area contributed by atoms with E-state index in [-0.39, 0.29) is 11.9 Å². The average Bonchev–Trinajstić information content (AvgIpc) is 2.76. The van der Waals surface area contributed by atoms with E-state index < -0.39 is 11.6 Å². The average molecular weight is 227 g/mol. The maximum Gasteiger partial charge on any atom is 0.328 e. The Morgan fingerprint density at radius 2 is 2.44 bits per heavy atom. The van der Waals surface area contributed by atoms with Gasteiger partial charge in [-0.1, -0.05) is 0 Å². The second-order valence-electron chi connectivity index (χ2n) is 4.63. The molecule has 6 heteroatoms. The van der Waals surface area contributed by atoms with Crippen LogP contribution < -0.4 is 11.1 Å². The minimum Gasteiger partial charge on any atom is -0.464 e. The van der Waals surface area contributed by atoms with E-state index in [0.29, 0.717) is 26.0 Å². The molecule has 2 fully saturated rings. The van der Waals surface area contributed by atoms with Gasteiger partial charge in [-0.05, 0) is 13.5 Å². The van der Waals surface area contributed by atoms with Gasteiger partial charge in [0.1, 0.15) is 11.6 Å². The first-order valence-corrected chi connectivity index (χ1v) is 5.46. The number of nitrogens with zero attached hydrogens (tertiary/aromatic N) is 1. The fourth-order valence-electron chi connectivity index (χ4n) is 2.14. The van der Waals surface area contributed by atoms with Crippen LogP contribution in [-0.4, -0.2) is 55.1 Å². The summed E-state index contributed by atoms with van der Waals surface area (Å²) in [5.74, 6) is -0.607. The fraction of sp³-hybridized carbons (Fsp3) is 0.800. The molecule has 2 aliphatic rings. The van der Waals surface area contributed by atoms with Crippen molar-refractivity contribution in [3.05, 3.63) is 0 Å². The monoisotopic (exact) mass is 227 g/mol. The molecule has 2 saturated heterocycles. The molecule has 16 heavy (non-hydrogen) atoms. The number of hydrogen-bond acceptors (Lipinski definition) is 5. The topological polar surface area (TPSA) is 84.7 Å². The van der Waals surface area contributed by atoms with Gasteiger partial charge in [0.25, 0.3) is 0 Å². The Kier molecular flexibility index (Phi) is 2.86. The van der Waals surface area contributed by atoms with Gasteiger partial charge in [-0.2, -0.15) is 0 Å². The van der Waals surface area contributed by atoms with Crippen molar-refractivity contribution in [2.45, 2.75) is 24.4 Å². The normalized spacial score (nSPS) is 35.1. The summed E-state index contributed by atoms with van der Waals surface area (Å²) >= 11 is 0. The number of nitrogens with one attached hydrogen (secondary N) is 1. The summed E-state index contributed by atoms with van der Waals surface area (Å²) in [6, 6.07) is -0.515. The van der Waals surface area contributed by atoms with Crippen LogP contribution in [0.4, 0.5) is 0 Å². The lowest BCUT2D eigenvalue weighted by molar-refractivity contribution is -0.142. The summed E-state index contributed by atoms with van der Waals surface area (Å²) < 4.78 is 4.78. The Balaban J connectivity index is 1.95. The summed E-state index contributed by atoms with van der Waals surface area (Å²) in [5, 5.41) is 2.67. The van der Waals surface area contributed by atoms with E-state index in [1.54, 1.807) is 0 Å². The van der Waals surface area contributed by atoms with Crippen LogP contribution in [0.25, 0.3) is 0 Å². The van der Waals surface area contributed by atoms with Gasteiger partial charge in [0, 0.05) is 19.5 Å². The van der Waals surface area contributed by atoms with Gasteiger partial charge in [-0.3, -0.25) is 4.79 Å². The molecule has 0 aromatic heterocycles. The van der Waals surface area contributed by atoms with Gasteiger partial charge in [-0.25, -0.2) is 4.79 Å². The first kappa shape index (κ1) is 11.3. The number of hydrogen-bond donors (Lipinski definition) is 2. The van der Waals surface area contributed by atoms with E-state index >= 15 is 0 Å². The molecule has 3 N–H and O–H groups in total. The number of cyclic esters (lactones) is 1. The molecule has 0 aromatic carbocycles. The molecule has 1 unspecified atom stereocenters. The van der Waals surface area contributed by atoms with Crippen molar-refractivity contribution in [2.24, 2.45) is 5.73 Å². The Morgan fingerprint density at radius 1 is 1.69 bits per heavy atom. The van der Waals surface area contributed by atoms with Crippen LogP contribution in [0.5, 0.6) is 0 Å². The van der Waals surface area contributed by atoms with Gasteiger partial charge in [0.2, 0.25) is 5.91 Å². The molecule has 0 aliphatic carbocycles. The molecule has 2 rings (SSSR count). The lowest BCUT2D eigenvalue weighted by atomic mass is 9.98. The maximum atomic E-state index is 11.9. The molecule has 0 aromatic rings. The summed E-state index contributed by atoms with van der Waals surface area (Å²) in [6.07, 6.45) is 1.16. The van der Waals surface area contributed by atoms with Crippen LogP contribution >= 0.6 is 0 Å². The Labute approximate surface area is 94.1 Å². The van der Waals surface area contributed by atoms with Gasteiger partial charge >= 0.3 is 5.97 Å². The third-order valence-electron chi connectivity index (χ3n) is 3.18. The number of nitrogens with two attached hydrogens (primary N) is 1. The second kappa shape index (κ2) is 4.03. The number of carbonyl (C=O) groups excluding carboxylic acids is 2. The van der Waals surface area contributed by atoms with E-state index in [4.69, 9.17) is 10.5 Å². The van der Waals surface area contributed by atoms with Crippen LogP contribution in [0.1, 0.15) is 12.8 Å². The zero-order chi connectivity index (χ0) is 11.8. The Morgan fingerprint density at radius 3 is 2.94 bits per heavy atom. The summed E-state index contributed by atoms with van der Waals surface area (Å²) in [7, 11) is 1.92. The minimum atomic E-state index is -0.863. The van der Waals surface area contributed by atoms with E-state index in [9.17, 15) is 9.59 Å². The highest BCUT2D eigenvalue weighted by Gasteiger charge is 2.42. The first-order chi connectivity index (χ1) is 7.51. The van der Waals surface area contributed by atoms with Crippen molar-refractivity contribution in [1.82, 2.24) is 10.2 Å². The van der Waals surface area contributed by atoms with Crippen molar-refractivity contribution < 1.29 is 14.3 Å². The summed E-state index contributed by atoms with van der Waals surface area (Å²) in [6.45, 7) is 1.71. The number of carbonyl (C=O) groups is 2. The zero-order valence-electron chi connectivity index (χ0n) is 9.36. The summed E-state index contributed by atoms with van der Waals surface area (Å²) in [4.78, 5) is 25.2. The van der Waals surface area contributed by atoms with Gasteiger partial charge in [-0.15, -0.1) is 0 Å². The molecular weight excluding hydrogens is 210 g/mol. The summed E-state index contributed by atoms with van der Waals surface area (Å²) in [5.41, 5.74) is 5.15. The van der Waals surface area contributed by atoms with Crippen molar-refractivity contribution in [1.29, 1.82) is 0 Å². The number of ether oxygens (including phenoxy) is 1. The molecule has 6 nitrogen and oxygen atoms in total. The van der Waals surface area contributed by atoms with Crippen LogP contribution in [0, 0.1) is 0 Å². The molecular formula is C10H17N3O3. The van der Waals surface area contributed by atoms with Crippen molar-refractivity contribution in [2.75, 3.05) is 26.7 Å². The molecule has 0 bridgehead atoms. The third kappa shape index (κ3) is 2.03. The maximum absolute atomic E-state index is 11.9. The smallest absolute Gasteiger partial charge is 0.328 e. The first-order valence-electron chi connectivity index (χ1n) is 5.46. The van der Waals surface area contributed by atoms with Crippen molar-refractivity contribution >= 4 is 11.9 Å². The van der Waals surface area contributed by atoms with E-state index in [1.807, 2.05) is 11.9 Å². The van der Waals surface area contributed by atoms with Crippen molar-refractivity contribution in [3.63, 3.8) is 0 Å². The lowest BCUT2D eigenvalue weighted by Gasteiger charge is -2.23. The largest absolute Gasteiger partial charge is 0.464 e. The van der Waals surface area contributed by atoms with Crippen molar-refractivity contribution in [3.8, 4) is 0 Å². The second-order valence-corrected chi connectivity index (χ2v) is 4.63. The number of esters is 1. The molecule has 2 atom stereocenters. The number of likely N-dealkylation sites (tertiary alicyclic amines) is 1. The number of amides is 1. The van der Waals surface area contributed by atoms with E-state index in [2.05, 4.69) is 5.32 Å². The minimum absolute atomic E-state index is 0.249. The van der Waals surface area contributed by atoms with Gasteiger partial charge in [0.15, 0.2) is 0 Å². The highest BCUT2D eigenvalue weighted by molar-refractivity contribution is 5.91. The standard InChI is InChI=1S/C10H17N3O3/c1-13-4-3-10(11,6-13)9(15)12-7-2-5-16-8(7)14/h7H,2-6,11H2,1H3,(H,12,15)/t7-,10?/m0/s1. The number of likely N-dealkylation sites (N-methyl/N-ethyl adjacent to an activating group) is 1. The van der Waals surface area contributed by atoms with Crippen LogP contribution in [0.2, 0.25) is 0 Å². The highest BCUT2D eigenvalue weighted by Crippen LogP contribution is 2.18. The molecule has 90 valence electrons. The van der Waals surface area contributed by atoms with E-state index in [0.717, 1.165) is 6.54 Å². The quantitative estimate of drug-likeness (QED) is 0.558. The number of rotatable bonds is 2. The lowest BCUT2D eigenvalue weighted by Crippen LogP contribution is -2.58. The molecule has 2 aliphatic heterocycles. The van der Waals surface area contributed by atoms with Gasteiger partial charge < -0.3 is 20.7 Å².